The Morgan fingerprint density at radius 3 is 2.55 bits per heavy atom. The summed E-state index contributed by atoms with van der Waals surface area (Å²) in [6, 6.07) is 4.22. The number of amides is 1. The molecule has 3 N–H and O–H groups in total. The lowest BCUT2D eigenvalue weighted by Gasteiger charge is -2.33. The number of likely N-dealkylation sites (N-methyl/N-ethyl adjacent to an activating group) is 1. The summed E-state index contributed by atoms with van der Waals surface area (Å²) in [6.45, 7) is 7.34. The summed E-state index contributed by atoms with van der Waals surface area (Å²) in [5, 5.41) is 3.26. The van der Waals surface area contributed by atoms with Crippen LogP contribution in [0.15, 0.2) is 24.5 Å². The van der Waals surface area contributed by atoms with Crippen molar-refractivity contribution in [1.82, 2.24) is 15.2 Å². The van der Waals surface area contributed by atoms with Gasteiger partial charge in [-0.05, 0) is 51.9 Å². The molecule has 112 valence electrons. The molecule has 0 fully saturated rings. The van der Waals surface area contributed by atoms with Gasteiger partial charge in [-0.1, -0.05) is 0 Å². The van der Waals surface area contributed by atoms with Crippen molar-refractivity contribution in [2.45, 2.75) is 38.8 Å². The zero-order valence-electron chi connectivity index (χ0n) is 12.9. The molecule has 0 bridgehead atoms. The van der Waals surface area contributed by atoms with Crippen molar-refractivity contribution in [3.63, 3.8) is 0 Å². The van der Waals surface area contributed by atoms with Crippen molar-refractivity contribution in [3.8, 4) is 0 Å². The van der Waals surface area contributed by atoms with Crippen LogP contribution >= 0.6 is 0 Å². The van der Waals surface area contributed by atoms with E-state index in [1.807, 2.05) is 40.0 Å². The quantitative estimate of drug-likeness (QED) is 0.738. The summed E-state index contributed by atoms with van der Waals surface area (Å²) >= 11 is 0. The van der Waals surface area contributed by atoms with E-state index in [4.69, 9.17) is 5.73 Å². The maximum Gasteiger partial charge on any atom is 0.238 e. The summed E-state index contributed by atoms with van der Waals surface area (Å²) in [7, 11) is 2.00. The Kier molecular flexibility index (Phi) is 6.10. The van der Waals surface area contributed by atoms with Gasteiger partial charge in [0.2, 0.25) is 5.91 Å². The lowest BCUT2D eigenvalue weighted by atomic mass is 9.99. The predicted octanol–water partition coefficient (Wildman–Crippen LogP) is 0.798. The second-order valence-electron chi connectivity index (χ2n) is 5.84. The summed E-state index contributed by atoms with van der Waals surface area (Å²) in [5.74, 6) is -0.318. The van der Waals surface area contributed by atoms with Crippen LogP contribution in [0.3, 0.4) is 0 Å². The molecule has 1 aromatic rings. The number of nitrogens with zero attached hydrogens (tertiary/aromatic N) is 2. The number of nitrogens with two attached hydrogens (primary N) is 1. The second kappa shape index (κ2) is 7.36. The summed E-state index contributed by atoms with van der Waals surface area (Å²) in [6.07, 6.45) is 4.52. The van der Waals surface area contributed by atoms with Crippen molar-refractivity contribution < 1.29 is 4.79 Å². The first kappa shape index (κ1) is 16.6. The predicted molar refractivity (Wildman–Crippen MR) is 81.3 cm³/mol. The van der Waals surface area contributed by atoms with Crippen LogP contribution < -0.4 is 11.1 Å². The maximum atomic E-state index is 11.7. The summed E-state index contributed by atoms with van der Waals surface area (Å²) in [5.41, 5.74) is 6.07. The zero-order chi connectivity index (χ0) is 15.2. The highest BCUT2D eigenvalue weighted by Gasteiger charge is 2.32. The van der Waals surface area contributed by atoms with Crippen molar-refractivity contribution in [3.05, 3.63) is 30.1 Å². The molecule has 5 nitrogen and oxygen atoms in total. The van der Waals surface area contributed by atoms with Crippen LogP contribution in [-0.4, -0.2) is 47.5 Å². The van der Waals surface area contributed by atoms with E-state index in [0.29, 0.717) is 6.54 Å². The van der Waals surface area contributed by atoms with E-state index in [1.165, 1.54) is 5.56 Å². The lowest BCUT2D eigenvalue weighted by Crippen LogP contribution is -2.61. The SMILES string of the molecule is CC(C)NC(C)(CN(C)CCc1ccncc1)C(N)=O. The molecule has 20 heavy (non-hydrogen) atoms. The normalized spacial score (nSPS) is 14.5. The molecule has 0 saturated carbocycles. The number of nitrogens with one attached hydrogen (secondary N) is 1. The first-order valence-corrected chi connectivity index (χ1v) is 6.98. The van der Waals surface area contributed by atoms with Gasteiger partial charge < -0.3 is 16.0 Å². The number of hydrogen-bond acceptors (Lipinski definition) is 4. The van der Waals surface area contributed by atoms with Crippen LogP contribution in [0.1, 0.15) is 26.3 Å². The fourth-order valence-corrected chi connectivity index (χ4v) is 2.32. The first-order chi connectivity index (χ1) is 9.33. The van der Waals surface area contributed by atoms with Gasteiger partial charge in [0.25, 0.3) is 0 Å². The van der Waals surface area contributed by atoms with Crippen LogP contribution in [0.5, 0.6) is 0 Å². The van der Waals surface area contributed by atoms with Gasteiger partial charge in [0.1, 0.15) is 5.54 Å². The third-order valence-corrected chi connectivity index (χ3v) is 3.27. The minimum atomic E-state index is -0.707. The molecule has 1 aromatic heterocycles. The monoisotopic (exact) mass is 278 g/mol. The standard InChI is InChI=1S/C15H26N4O/c1-12(2)18-15(3,14(16)20)11-19(4)10-7-13-5-8-17-9-6-13/h5-6,8-9,12,18H,7,10-11H2,1-4H3,(H2,16,20). The molecule has 0 aliphatic rings. The lowest BCUT2D eigenvalue weighted by molar-refractivity contribution is -0.124. The third-order valence-electron chi connectivity index (χ3n) is 3.27. The smallest absolute Gasteiger partial charge is 0.238 e. The average molecular weight is 278 g/mol. The molecular formula is C15H26N4O. The molecule has 1 heterocycles. The van der Waals surface area contributed by atoms with E-state index in [0.717, 1.165) is 13.0 Å². The van der Waals surface area contributed by atoms with Crippen molar-refractivity contribution >= 4 is 5.91 Å². The molecule has 0 saturated heterocycles. The van der Waals surface area contributed by atoms with E-state index in [9.17, 15) is 4.79 Å². The van der Waals surface area contributed by atoms with Gasteiger partial charge in [0, 0.05) is 31.5 Å². The number of aromatic nitrogens is 1. The maximum absolute atomic E-state index is 11.7. The van der Waals surface area contributed by atoms with E-state index in [1.54, 1.807) is 12.4 Å². The molecule has 1 amide bonds. The zero-order valence-corrected chi connectivity index (χ0v) is 12.9. The topological polar surface area (TPSA) is 71.2 Å². The number of carbonyl (C=O) groups is 1. The molecule has 0 spiro atoms. The van der Waals surface area contributed by atoms with Gasteiger partial charge in [-0.3, -0.25) is 9.78 Å². The first-order valence-electron chi connectivity index (χ1n) is 6.98. The Hall–Kier alpha value is -1.46. The van der Waals surface area contributed by atoms with Gasteiger partial charge in [0.15, 0.2) is 0 Å². The van der Waals surface area contributed by atoms with Crippen molar-refractivity contribution in [2.24, 2.45) is 5.73 Å². The van der Waals surface area contributed by atoms with E-state index in [-0.39, 0.29) is 11.9 Å². The van der Waals surface area contributed by atoms with E-state index in [2.05, 4.69) is 15.2 Å². The van der Waals surface area contributed by atoms with E-state index < -0.39 is 5.54 Å². The molecule has 0 radical (unpaired) electrons. The van der Waals surface area contributed by atoms with Crippen molar-refractivity contribution in [2.75, 3.05) is 20.1 Å². The largest absolute Gasteiger partial charge is 0.368 e. The Balaban J connectivity index is 2.54. The number of carbonyl (C=O) groups excluding carboxylic acids is 1. The van der Waals surface area contributed by atoms with Gasteiger partial charge in [-0.25, -0.2) is 0 Å². The number of rotatable bonds is 8. The molecule has 5 heteroatoms. The third kappa shape index (κ3) is 5.27. The van der Waals surface area contributed by atoms with Gasteiger partial charge in [-0.2, -0.15) is 0 Å². The second-order valence-corrected chi connectivity index (χ2v) is 5.84. The molecular weight excluding hydrogens is 252 g/mol. The highest BCUT2D eigenvalue weighted by molar-refractivity contribution is 5.84. The molecule has 0 aliphatic carbocycles. The van der Waals surface area contributed by atoms with Gasteiger partial charge in [0.05, 0.1) is 0 Å². The van der Waals surface area contributed by atoms with Crippen LogP contribution in [0.25, 0.3) is 0 Å². The van der Waals surface area contributed by atoms with Crippen LogP contribution in [-0.2, 0) is 11.2 Å². The van der Waals surface area contributed by atoms with Gasteiger partial charge >= 0.3 is 0 Å². The fraction of sp³-hybridized carbons (Fsp3) is 0.600. The number of primary amides is 1. The minimum absolute atomic E-state index is 0.209. The highest BCUT2D eigenvalue weighted by atomic mass is 16.1. The molecule has 1 rings (SSSR count). The van der Waals surface area contributed by atoms with Crippen LogP contribution in [0.4, 0.5) is 0 Å². The van der Waals surface area contributed by atoms with Crippen LogP contribution in [0.2, 0.25) is 0 Å². The Bertz CT molecular complexity index is 421. The Morgan fingerprint density at radius 2 is 2.05 bits per heavy atom. The molecule has 1 unspecified atom stereocenters. The van der Waals surface area contributed by atoms with Gasteiger partial charge in [-0.15, -0.1) is 0 Å². The molecule has 0 aromatic carbocycles. The summed E-state index contributed by atoms with van der Waals surface area (Å²) < 4.78 is 0. The Labute approximate surface area is 121 Å². The number of pyridine rings is 1. The fourth-order valence-electron chi connectivity index (χ4n) is 2.32. The van der Waals surface area contributed by atoms with Crippen molar-refractivity contribution in [1.29, 1.82) is 0 Å². The van der Waals surface area contributed by atoms with E-state index >= 15 is 0 Å². The molecule has 0 aliphatic heterocycles. The minimum Gasteiger partial charge on any atom is -0.368 e. The number of hydrogen-bond donors (Lipinski definition) is 2. The van der Waals surface area contributed by atoms with Crippen LogP contribution in [0, 0.1) is 0 Å². The highest BCUT2D eigenvalue weighted by Crippen LogP contribution is 2.08. The summed E-state index contributed by atoms with van der Waals surface area (Å²) in [4.78, 5) is 17.8. The molecule has 1 atom stereocenters. The Morgan fingerprint density at radius 1 is 1.45 bits per heavy atom. The average Bonchev–Trinajstić information content (AvgIpc) is 2.36.